The summed E-state index contributed by atoms with van der Waals surface area (Å²) >= 11 is 1.16. The summed E-state index contributed by atoms with van der Waals surface area (Å²) in [6, 6.07) is 14.2. The Labute approximate surface area is 173 Å². The zero-order chi connectivity index (χ0) is 20.8. The average Bonchev–Trinajstić information content (AvgIpc) is 3.11. The molecule has 1 aliphatic rings. The fraction of sp³-hybridized carbons (Fsp3) is 0.286. The topological polar surface area (TPSA) is 84.9 Å². The molecule has 3 rings (SSSR count). The summed E-state index contributed by atoms with van der Waals surface area (Å²) in [5.74, 6) is 0.000379. The first-order valence-electron chi connectivity index (χ1n) is 9.09. The van der Waals surface area contributed by atoms with Crippen molar-refractivity contribution in [2.75, 3.05) is 31.3 Å². The van der Waals surface area contributed by atoms with Gasteiger partial charge in [-0.25, -0.2) is 0 Å². The van der Waals surface area contributed by atoms with Crippen LogP contribution >= 0.6 is 11.8 Å². The Morgan fingerprint density at radius 1 is 1.21 bits per heavy atom. The van der Waals surface area contributed by atoms with Crippen molar-refractivity contribution in [3.63, 3.8) is 0 Å². The van der Waals surface area contributed by atoms with Gasteiger partial charge in [0.1, 0.15) is 12.3 Å². The SMILES string of the molecule is COc1ccc(C)cc1NC(=O)[C@@H](OC(=O)CN1CCSC1=O)c1ccccc1. The normalized spacial score (nSPS) is 14.4. The Morgan fingerprint density at radius 2 is 1.97 bits per heavy atom. The molecule has 7 nitrogen and oxygen atoms in total. The number of carbonyl (C=O) groups excluding carboxylic acids is 3. The summed E-state index contributed by atoms with van der Waals surface area (Å²) in [5.41, 5.74) is 1.96. The van der Waals surface area contributed by atoms with Gasteiger partial charge in [-0.1, -0.05) is 48.2 Å². The molecule has 1 heterocycles. The van der Waals surface area contributed by atoms with E-state index in [-0.39, 0.29) is 11.8 Å². The number of nitrogens with one attached hydrogen (secondary N) is 1. The molecule has 1 aliphatic heterocycles. The molecule has 1 saturated heterocycles. The molecule has 1 atom stereocenters. The number of ether oxygens (including phenoxy) is 2. The van der Waals surface area contributed by atoms with Gasteiger partial charge in [0, 0.05) is 17.9 Å². The first-order valence-corrected chi connectivity index (χ1v) is 10.1. The summed E-state index contributed by atoms with van der Waals surface area (Å²) in [5, 5.41) is 2.62. The van der Waals surface area contributed by atoms with E-state index in [4.69, 9.17) is 9.47 Å². The number of hydrogen-bond donors (Lipinski definition) is 1. The predicted molar refractivity (Wildman–Crippen MR) is 111 cm³/mol. The Morgan fingerprint density at radius 3 is 2.62 bits per heavy atom. The standard InChI is InChI=1S/C21H22N2O5S/c1-14-8-9-17(27-2)16(12-14)22-20(25)19(15-6-4-3-5-7-15)28-18(24)13-23-10-11-29-21(23)26/h3-9,12,19H,10-11,13H2,1-2H3,(H,22,25)/t19-/m0/s1. The van der Waals surface area contributed by atoms with Crippen molar-refractivity contribution in [3.05, 3.63) is 59.7 Å². The maximum atomic E-state index is 13.0. The molecule has 0 saturated carbocycles. The number of rotatable bonds is 7. The van der Waals surface area contributed by atoms with Crippen molar-refractivity contribution < 1.29 is 23.9 Å². The molecule has 0 aliphatic carbocycles. The van der Waals surface area contributed by atoms with E-state index in [9.17, 15) is 14.4 Å². The molecule has 1 fully saturated rings. The van der Waals surface area contributed by atoms with Gasteiger partial charge >= 0.3 is 5.97 Å². The number of hydrogen-bond acceptors (Lipinski definition) is 6. The van der Waals surface area contributed by atoms with Crippen LogP contribution in [0.4, 0.5) is 10.5 Å². The van der Waals surface area contributed by atoms with Crippen molar-refractivity contribution in [1.82, 2.24) is 4.90 Å². The molecule has 2 aromatic rings. The number of methoxy groups -OCH3 is 1. The van der Waals surface area contributed by atoms with Crippen molar-refractivity contribution in [2.24, 2.45) is 0 Å². The van der Waals surface area contributed by atoms with E-state index in [0.29, 0.717) is 29.3 Å². The molecule has 0 aromatic heterocycles. The number of aryl methyl sites for hydroxylation is 1. The third kappa shape index (κ3) is 5.29. The largest absolute Gasteiger partial charge is 0.495 e. The Balaban J connectivity index is 1.78. The first-order chi connectivity index (χ1) is 14.0. The summed E-state index contributed by atoms with van der Waals surface area (Å²) in [6.07, 6.45) is -1.15. The van der Waals surface area contributed by atoms with E-state index in [2.05, 4.69) is 5.32 Å². The van der Waals surface area contributed by atoms with Crippen LogP contribution in [-0.4, -0.2) is 48.0 Å². The number of carbonyl (C=O) groups is 3. The van der Waals surface area contributed by atoms with E-state index in [1.807, 2.05) is 19.1 Å². The van der Waals surface area contributed by atoms with Gasteiger partial charge < -0.3 is 19.7 Å². The molecule has 2 aromatic carbocycles. The van der Waals surface area contributed by atoms with Gasteiger partial charge in [0.25, 0.3) is 11.1 Å². The van der Waals surface area contributed by atoms with Crippen LogP contribution in [0.1, 0.15) is 17.2 Å². The second-order valence-corrected chi connectivity index (χ2v) is 7.56. The van der Waals surface area contributed by atoms with Crippen LogP contribution in [0, 0.1) is 6.92 Å². The van der Waals surface area contributed by atoms with Crippen LogP contribution in [0.2, 0.25) is 0 Å². The van der Waals surface area contributed by atoms with Gasteiger partial charge in [-0.2, -0.15) is 0 Å². The quantitative estimate of drug-likeness (QED) is 0.699. The molecule has 29 heavy (non-hydrogen) atoms. The second kappa shape index (κ2) is 9.47. The van der Waals surface area contributed by atoms with Gasteiger partial charge in [-0.15, -0.1) is 0 Å². The highest BCUT2D eigenvalue weighted by atomic mass is 32.2. The van der Waals surface area contributed by atoms with Crippen molar-refractivity contribution in [3.8, 4) is 5.75 Å². The number of thioether (sulfide) groups is 1. The Hall–Kier alpha value is -3.00. The first kappa shape index (κ1) is 20.7. The lowest BCUT2D eigenvalue weighted by Gasteiger charge is -2.21. The number of nitrogens with zero attached hydrogens (tertiary/aromatic N) is 1. The average molecular weight is 414 g/mol. The van der Waals surface area contributed by atoms with E-state index in [1.54, 1.807) is 36.4 Å². The summed E-state index contributed by atoms with van der Waals surface area (Å²) in [7, 11) is 1.51. The predicted octanol–water partition coefficient (Wildman–Crippen LogP) is 3.40. The molecular formula is C21H22N2O5S. The third-order valence-electron chi connectivity index (χ3n) is 4.37. The van der Waals surface area contributed by atoms with E-state index >= 15 is 0 Å². The Bertz CT molecular complexity index is 903. The molecule has 2 amide bonds. The zero-order valence-electron chi connectivity index (χ0n) is 16.2. The number of amides is 2. The molecular weight excluding hydrogens is 392 g/mol. The van der Waals surface area contributed by atoms with Crippen LogP contribution < -0.4 is 10.1 Å². The fourth-order valence-corrected chi connectivity index (χ4v) is 3.74. The zero-order valence-corrected chi connectivity index (χ0v) is 17.0. The molecule has 1 N–H and O–H groups in total. The highest BCUT2D eigenvalue weighted by Gasteiger charge is 2.29. The smallest absolute Gasteiger partial charge is 0.326 e. The van der Waals surface area contributed by atoms with Crippen molar-refractivity contribution in [1.29, 1.82) is 0 Å². The summed E-state index contributed by atoms with van der Waals surface area (Å²) < 4.78 is 10.8. The van der Waals surface area contributed by atoms with Crippen LogP contribution in [0.25, 0.3) is 0 Å². The number of benzene rings is 2. The lowest BCUT2D eigenvalue weighted by atomic mass is 10.1. The molecule has 0 unspecified atom stereocenters. The molecule has 0 radical (unpaired) electrons. The molecule has 8 heteroatoms. The van der Waals surface area contributed by atoms with Gasteiger partial charge in [0.15, 0.2) is 0 Å². The van der Waals surface area contributed by atoms with Gasteiger partial charge in [-0.3, -0.25) is 14.4 Å². The summed E-state index contributed by atoms with van der Waals surface area (Å²) in [4.78, 5) is 38.6. The minimum atomic E-state index is -1.15. The van der Waals surface area contributed by atoms with Crippen molar-refractivity contribution in [2.45, 2.75) is 13.0 Å². The minimum Gasteiger partial charge on any atom is -0.495 e. The lowest BCUT2D eigenvalue weighted by Crippen LogP contribution is -2.34. The van der Waals surface area contributed by atoms with E-state index in [0.717, 1.165) is 17.3 Å². The van der Waals surface area contributed by atoms with Crippen LogP contribution in [0.5, 0.6) is 5.75 Å². The lowest BCUT2D eigenvalue weighted by molar-refractivity contribution is -0.155. The highest BCUT2D eigenvalue weighted by Crippen LogP contribution is 2.28. The van der Waals surface area contributed by atoms with Gasteiger partial charge in [0.05, 0.1) is 12.8 Å². The second-order valence-electron chi connectivity index (χ2n) is 6.51. The Kier molecular flexibility index (Phi) is 6.77. The highest BCUT2D eigenvalue weighted by molar-refractivity contribution is 8.13. The maximum absolute atomic E-state index is 13.0. The maximum Gasteiger partial charge on any atom is 0.326 e. The monoisotopic (exact) mass is 414 g/mol. The molecule has 0 spiro atoms. The molecule has 0 bridgehead atoms. The fourth-order valence-electron chi connectivity index (χ4n) is 2.91. The van der Waals surface area contributed by atoms with Crippen LogP contribution in [-0.2, 0) is 14.3 Å². The van der Waals surface area contributed by atoms with E-state index < -0.39 is 18.0 Å². The third-order valence-corrected chi connectivity index (χ3v) is 5.26. The van der Waals surface area contributed by atoms with Crippen molar-refractivity contribution >= 4 is 34.6 Å². The minimum absolute atomic E-state index is 0.160. The molecule has 152 valence electrons. The van der Waals surface area contributed by atoms with Crippen LogP contribution in [0.15, 0.2) is 48.5 Å². The summed E-state index contributed by atoms with van der Waals surface area (Å²) in [6.45, 7) is 2.20. The number of anilines is 1. The number of esters is 1. The van der Waals surface area contributed by atoms with E-state index in [1.165, 1.54) is 12.0 Å². The van der Waals surface area contributed by atoms with Gasteiger partial charge in [0.2, 0.25) is 6.10 Å². The van der Waals surface area contributed by atoms with Crippen LogP contribution in [0.3, 0.4) is 0 Å². The van der Waals surface area contributed by atoms with Gasteiger partial charge in [-0.05, 0) is 24.6 Å².